The first-order chi connectivity index (χ1) is 6.93. The predicted molar refractivity (Wildman–Crippen MR) is 68.6 cm³/mol. The summed E-state index contributed by atoms with van der Waals surface area (Å²) in [5.41, 5.74) is 0.321. The Morgan fingerprint density at radius 3 is 2.53 bits per heavy atom. The van der Waals surface area contributed by atoms with E-state index >= 15 is 0 Å². The van der Waals surface area contributed by atoms with Crippen molar-refractivity contribution in [3.05, 3.63) is 5.82 Å². The normalized spacial score (nSPS) is 14.2. The molecule has 5 heteroatoms. The number of alkyl halides is 1. The summed E-state index contributed by atoms with van der Waals surface area (Å²) in [6.07, 6.45) is 0. The van der Waals surface area contributed by atoms with Crippen LogP contribution < -0.4 is 0 Å². The van der Waals surface area contributed by atoms with E-state index in [0.717, 1.165) is 22.1 Å². The van der Waals surface area contributed by atoms with E-state index in [-0.39, 0.29) is 0 Å². The zero-order valence-electron chi connectivity index (χ0n) is 9.67. The Morgan fingerprint density at radius 1 is 1.47 bits per heavy atom. The molecule has 0 fully saturated rings. The van der Waals surface area contributed by atoms with Gasteiger partial charge in [-0.15, -0.1) is 5.10 Å². The third-order valence-electron chi connectivity index (χ3n) is 2.40. The molecule has 1 rings (SSSR count). The Bertz CT molecular complexity index is 306. The van der Waals surface area contributed by atoms with Crippen LogP contribution in [0.15, 0.2) is 5.16 Å². The van der Waals surface area contributed by atoms with Gasteiger partial charge in [0.25, 0.3) is 0 Å². The lowest BCUT2D eigenvalue weighted by Crippen LogP contribution is -2.24. The molecule has 1 N–H and O–H groups in total. The van der Waals surface area contributed by atoms with Gasteiger partial charge >= 0.3 is 0 Å². The minimum Gasteiger partial charge on any atom is -0.262 e. The van der Waals surface area contributed by atoms with Crippen molar-refractivity contribution < 1.29 is 0 Å². The number of H-pyrrole nitrogens is 1. The summed E-state index contributed by atoms with van der Waals surface area (Å²) in [7, 11) is 0. The van der Waals surface area contributed by atoms with Gasteiger partial charge in [-0.25, -0.2) is 4.98 Å². The molecule has 1 aromatic heterocycles. The molecule has 0 aliphatic carbocycles. The van der Waals surface area contributed by atoms with Gasteiger partial charge in [-0.1, -0.05) is 48.5 Å². The van der Waals surface area contributed by atoms with Crippen LogP contribution in [-0.4, -0.2) is 26.3 Å². The van der Waals surface area contributed by atoms with Crippen molar-refractivity contribution in [1.82, 2.24) is 15.2 Å². The fourth-order valence-corrected chi connectivity index (χ4v) is 3.87. The average molecular weight is 292 g/mol. The Labute approximate surface area is 104 Å². The number of rotatable bonds is 4. The van der Waals surface area contributed by atoms with Crippen LogP contribution in [0.1, 0.15) is 26.6 Å². The summed E-state index contributed by atoms with van der Waals surface area (Å²) in [6.45, 7) is 8.72. The van der Waals surface area contributed by atoms with E-state index in [0.29, 0.717) is 11.3 Å². The number of aromatic nitrogens is 3. The molecule has 0 aliphatic heterocycles. The Kier molecular flexibility index (Phi) is 4.64. The lowest BCUT2D eigenvalue weighted by Gasteiger charge is -2.28. The van der Waals surface area contributed by atoms with Crippen LogP contribution in [0.25, 0.3) is 0 Å². The van der Waals surface area contributed by atoms with Crippen LogP contribution in [0.5, 0.6) is 0 Å². The molecule has 0 saturated heterocycles. The van der Waals surface area contributed by atoms with E-state index in [2.05, 4.69) is 51.9 Å². The summed E-state index contributed by atoms with van der Waals surface area (Å²) >= 11 is 5.29. The van der Waals surface area contributed by atoms with E-state index in [1.807, 2.05) is 6.92 Å². The molecule has 0 saturated carbocycles. The van der Waals surface area contributed by atoms with Gasteiger partial charge < -0.3 is 0 Å². The second kappa shape index (κ2) is 5.34. The molecule has 1 aromatic rings. The highest BCUT2D eigenvalue weighted by Gasteiger charge is 2.23. The monoisotopic (exact) mass is 291 g/mol. The molecule has 0 spiro atoms. The fourth-order valence-electron chi connectivity index (χ4n) is 1.09. The summed E-state index contributed by atoms with van der Waals surface area (Å²) in [4.78, 5) is 4.28. The number of aromatic amines is 1. The van der Waals surface area contributed by atoms with Gasteiger partial charge in [-0.05, 0) is 18.3 Å². The lowest BCUT2D eigenvalue weighted by molar-refractivity contribution is 0.295. The molecular formula is C10H18BrN3S. The van der Waals surface area contributed by atoms with Crippen molar-refractivity contribution in [2.45, 2.75) is 32.9 Å². The number of halogens is 1. The molecule has 1 heterocycles. The predicted octanol–water partition coefficient (Wildman–Crippen LogP) is 3.26. The molecular weight excluding hydrogens is 274 g/mol. The van der Waals surface area contributed by atoms with E-state index < -0.39 is 0 Å². The largest absolute Gasteiger partial charge is 0.262 e. The molecule has 0 aliphatic rings. The van der Waals surface area contributed by atoms with Gasteiger partial charge in [-0.2, -0.15) is 0 Å². The standard InChI is InChI=1S/C10H18BrN3S/c1-7-12-9(14-13-7)15-6-8(5-11)10(2,3)4/h8H,5-6H2,1-4H3,(H,12,13,14). The summed E-state index contributed by atoms with van der Waals surface area (Å²) < 4.78 is 0. The van der Waals surface area contributed by atoms with Crippen molar-refractivity contribution in [2.24, 2.45) is 11.3 Å². The molecule has 3 nitrogen and oxygen atoms in total. The van der Waals surface area contributed by atoms with Crippen molar-refractivity contribution in [3.63, 3.8) is 0 Å². The third-order valence-corrected chi connectivity index (χ3v) is 4.19. The van der Waals surface area contributed by atoms with Crippen molar-refractivity contribution in [1.29, 1.82) is 0 Å². The smallest absolute Gasteiger partial charge is 0.208 e. The Morgan fingerprint density at radius 2 is 2.13 bits per heavy atom. The van der Waals surface area contributed by atoms with Crippen molar-refractivity contribution in [3.8, 4) is 0 Å². The van der Waals surface area contributed by atoms with Crippen LogP contribution >= 0.6 is 27.7 Å². The maximum absolute atomic E-state index is 4.28. The molecule has 86 valence electrons. The van der Waals surface area contributed by atoms with Crippen LogP contribution in [0.4, 0.5) is 0 Å². The zero-order valence-corrected chi connectivity index (χ0v) is 12.1. The Hall–Kier alpha value is -0.0300. The van der Waals surface area contributed by atoms with Gasteiger partial charge in [0.15, 0.2) is 0 Å². The number of nitrogens with one attached hydrogen (secondary N) is 1. The van der Waals surface area contributed by atoms with E-state index in [9.17, 15) is 0 Å². The van der Waals surface area contributed by atoms with E-state index in [4.69, 9.17) is 0 Å². The molecule has 0 radical (unpaired) electrons. The van der Waals surface area contributed by atoms with Gasteiger partial charge in [0.2, 0.25) is 5.16 Å². The highest BCUT2D eigenvalue weighted by molar-refractivity contribution is 9.09. The van der Waals surface area contributed by atoms with Crippen LogP contribution in [0.3, 0.4) is 0 Å². The summed E-state index contributed by atoms with van der Waals surface area (Å²) in [5, 5.41) is 8.84. The third kappa shape index (κ3) is 4.15. The number of thioether (sulfide) groups is 1. The molecule has 0 aromatic carbocycles. The molecule has 0 bridgehead atoms. The topological polar surface area (TPSA) is 41.6 Å². The highest BCUT2D eigenvalue weighted by atomic mass is 79.9. The minimum absolute atomic E-state index is 0.321. The maximum Gasteiger partial charge on any atom is 0.208 e. The van der Waals surface area contributed by atoms with E-state index in [1.54, 1.807) is 11.8 Å². The summed E-state index contributed by atoms with van der Waals surface area (Å²) in [5.74, 6) is 2.55. The Balaban J connectivity index is 2.48. The van der Waals surface area contributed by atoms with Gasteiger partial charge in [-0.3, -0.25) is 5.10 Å². The van der Waals surface area contributed by atoms with Crippen molar-refractivity contribution in [2.75, 3.05) is 11.1 Å². The SMILES string of the molecule is Cc1nc(SCC(CBr)C(C)(C)C)n[nH]1. The number of hydrogen-bond donors (Lipinski definition) is 1. The van der Waals surface area contributed by atoms with Gasteiger partial charge in [0, 0.05) is 11.1 Å². The van der Waals surface area contributed by atoms with E-state index in [1.165, 1.54) is 0 Å². The first-order valence-electron chi connectivity index (χ1n) is 5.01. The first kappa shape index (κ1) is 13.0. The molecule has 15 heavy (non-hydrogen) atoms. The zero-order chi connectivity index (χ0) is 11.5. The van der Waals surface area contributed by atoms with Crippen molar-refractivity contribution >= 4 is 27.7 Å². The number of hydrogen-bond acceptors (Lipinski definition) is 3. The highest BCUT2D eigenvalue weighted by Crippen LogP contribution is 2.31. The molecule has 0 amide bonds. The van der Waals surface area contributed by atoms with Crippen LogP contribution in [0, 0.1) is 18.3 Å². The summed E-state index contributed by atoms with van der Waals surface area (Å²) in [6, 6.07) is 0. The molecule has 1 atom stereocenters. The minimum atomic E-state index is 0.321. The maximum atomic E-state index is 4.28. The average Bonchev–Trinajstić information content (AvgIpc) is 2.50. The molecule has 1 unspecified atom stereocenters. The fraction of sp³-hybridized carbons (Fsp3) is 0.800. The van der Waals surface area contributed by atoms with Gasteiger partial charge in [0.05, 0.1) is 0 Å². The van der Waals surface area contributed by atoms with Crippen LogP contribution in [-0.2, 0) is 0 Å². The number of aryl methyl sites for hydroxylation is 1. The quantitative estimate of drug-likeness (QED) is 0.684. The second-order valence-electron chi connectivity index (χ2n) is 4.73. The lowest BCUT2D eigenvalue weighted by atomic mass is 9.83. The number of nitrogens with zero attached hydrogens (tertiary/aromatic N) is 2. The first-order valence-corrected chi connectivity index (χ1v) is 7.12. The van der Waals surface area contributed by atoms with Gasteiger partial charge in [0.1, 0.15) is 5.82 Å². The second-order valence-corrected chi connectivity index (χ2v) is 6.37. The van der Waals surface area contributed by atoms with Crippen LogP contribution in [0.2, 0.25) is 0 Å².